The van der Waals surface area contributed by atoms with Crippen LogP contribution in [0.25, 0.3) is 0 Å². The van der Waals surface area contributed by atoms with Crippen LogP contribution in [0.5, 0.6) is 0 Å². The Morgan fingerprint density at radius 2 is 1.85 bits per heavy atom. The lowest BCUT2D eigenvalue weighted by Gasteiger charge is -2.10. The van der Waals surface area contributed by atoms with Crippen molar-refractivity contribution in [2.75, 3.05) is 11.1 Å². The van der Waals surface area contributed by atoms with Gasteiger partial charge >= 0.3 is 0 Å². The molecule has 0 fully saturated rings. The summed E-state index contributed by atoms with van der Waals surface area (Å²) >= 11 is 0. The van der Waals surface area contributed by atoms with E-state index in [1.54, 1.807) is 6.92 Å². The third kappa shape index (κ3) is 2.77. The number of aryl methyl sites for hydroxylation is 1. The van der Waals surface area contributed by atoms with Crippen LogP contribution >= 0.6 is 0 Å². The fourth-order valence-electron chi connectivity index (χ4n) is 1.79. The first-order chi connectivity index (χ1) is 9.38. The monoisotopic (exact) mass is 276 g/mol. The number of amides is 1. The number of carbonyl (C=O) groups is 1. The van der Waals surface area contributed by atoms with Gasteiger partial charge in [-0.1, -0.05) is 0 Å². The van der Waals surface area contributed by atoms with Crippen molar-refractivity contribution in [2.45, 2.75) is 13.8 Å². The minimum Gasteiger partial charge on any atom is -0.398 e. The molecule has 0 aliphatic heterocycles. The van der Waals surface area contributed by atoms with Crippen molar-refractivity contribution >= 4 is 17.3 Å². The number of nitrogens with one attached hydrogen (secondary N) is 1. The zero-order chi connectivity index (χ0) is 14.9. The molecule has 2 aromatic rings. The van der Waals surface area contributed by atoms with E-state index in [0.717, 1.165) is 6.07 Å². The van der Waals surface area contributed by atoms with E-state index in [1.807, 2.05) is 0 Å². The number of nitrogens with two attached hydrogens (primary N) is 1. The number of nitrogen functional groups attached to an aromatic ring is 1. The molecule has 2 rings (SSSR count). The molecule has 0 unspecified atom stereocenters. The van der Waals surface area contributed by atoms with Crippen LogP contribution in [0.15, 0.2) is 30.3 Å². The van der Waals surface area contributed by atoms with Crippen LogP contribution in [-0.4, -0.2) is 5.91 Å². The molecular formula is C15H14F2N2O. The van der Waals surface area contributed by atoms with Crippen molar-refractivity contribution in [3.8, 4) is 0 Å². The summed E-state index contributed by atoms with van der Waals surface area (Å²) in [5.41, 5.74) is 7.32. The summed E-state index contributed by atoms with van der Waals surface area (Å²) < 4.78 is 26.5. The molecule has 5 heteroatoms. The van der Waals surface area contributed by atoms with Gasteiger partial charge in [0.1, 0.15) is 11.6 Å². The first-order valence-electron chi connectivity index (χ1n) is 6.01. The summed E-state index contributed by atoms with van der Waals surface area (Å²) in [5.74, 6) is -1.41. The minimum atomic E-state index is -0.536. The molecular weight excluding hydrogens is 262 g/mol. The molecule has 3 nitrogen and oxygen atoms in total. The molecule has 0 atom stereocenters. The third-order valence-electron chi connectivity index (χ3n) is 3.08. The van der Waals surface area contributed by atoms with Crippen LogP contribution < -0.4 is 11.1 Å². The number of anilines is 2. The molecule has 0 aromatic heterocycles. The molecule has 104 valence electrons. The maximum atomic E-state index is 13.6. The normalized spacial score (nSPS) is 10.4. The zero-order valence-electron chi connectivity index (χ0n) is 11.1. The second-order valence-corrected chi connectivity index (χ2v) is 4.59. The molecule has 0 bridgehead atoms. The van der Waals surface area contributed by atoms with Crippen molar-refractivity contribution in [1.82, 2.24) is 0 Å². The largest absolute Gasteiger partial charge is 0.398 e. The van der Waals surface area contributed by atoms with E-state index < -0.39 is 11.7 Å². The Morgan fingerprint density at radius 1 is 1.15 bits per heavy atom. The lowest BCUT2D eigenvalue weighted by molar-refractivity contribution is 0.102. The molecule has 0 aliphatic carbocycles. The van der Waals surface area contributed by atoms with Crippen molar-refractivity contribution in [2.24, 2.45) is 0 Å². The maximum absolute atomic E-state index is 13.6. The van der Waals surface area contributed by atoms with Gasteiger partial charge < -0.3 is 11.1 Å². The molecule has 3 N–H and O–H groups in total. The fourth-order valence-corrected chi connectivity index (χ4v) is 1.79. The van der Waals surface area contributed by atoms with Gasteiger partial charge in [0.05, 0.1) is 0 Å². The lowest BCUT2D eigenvalue weighted by atomic mass is 10.1. The molecule has 0 saturated carbocycles. The zero-order valence-corrected chi connectivity index (χ0v) is 11.1. The van der Waals surface area contributed by atoms with E-state index in [2.05, 4.69) is 5.32 Å². The molecule has 0 radical (unpaired) electrons. The molecule has 2 aromatic carbocycles. The van der Waals surface area contributed by atoms with Crippen LogP contribution in [0, 0.1) is 25.5 Å². The van der Waals surface area contributed by atoms with E-state index in [9.17, 15) is 13.6 Å². The van der Waals surface area contributed by atoms with Gasteiger partial charge in [-0.15, -0.1) is 0 Å². The Bertz CT molecular complexity index is 661. The van der Waals surface area contributed by atoms with Gasteiger partial charge in [-0.05, 0) is 49.7 Å². The van der Waals surface area contributed by atoms with Crippen LogP contribution in [0.1, 0.15) is 21.5 Å². The number of halogens is 2. The van der Waals surface area contributed by atoms with Gasteiger partial charge in [-0.2, -0.15) is 0 Å². The topological polar surface area (TPSA) is 55.1 Å². The minimum absolute atomic E-state index is 0.120. The van der Waals surface area contributed by atoms with Crippen molar-refractivity contribution in [1.29, 1.82) is 0 Å². The molecule has 0 saturated heterocycles. The van der Waals surface area contributed by atoms with Gasteiger partial charge in [0, 0.05) is 22.5 Å². The highest BCUT2D eigenvalue weighted by molar-refractivity contribution is 6.05. The lowest BCUT2D eigenvalue weighted by Crippen LogP contribution is -2.14. The van der Waals surface area contributed by atoms with Crippen LogP contribution in [0.2, 0.25) is 0 Å². The Morgan fingerprint density at radius 3 is 2.45 bits per heavy atom. The highest BCUT2D eigenvalue weighted by Gasteiger charge is 2.12. The number of benzene rings is 2. The molecule has 20 heavy (non-hydrogen) atoms. The third-order valence-corrected chi connectivity index (χ3v) is 3.08. The second-order valence-electron chi connectivity index (χ2n) is 4.59. The van der Waals surface area contributed by atoms with Gasteiger partial charge in [0.2, 0.25) is 0 Å². The molecule has 1 amide bonds. The summed E-state index contributed by atoms with van der Waals surface area (Å²) in [5, 5.41) is 2.60. The number of hydrogen-bond acceptors (Lipinski definition) is 2. The van der Waals surface area contributed by atoms with Gasteiger partial charge in [0.25, 0.3) is 5.91 Å². The molecule has 0 spiro atoms. The smallest absolute Gasteiger partial charge is 0.255 e. The highest BCUT2D eigenvalue weighted by Crippen LogP contribution is 2.20. The Hall–Kier alpha value is -2.43. The van der Waals surface area contributed by atoms with Crippen LogP contribution in [-0.2, 0) is 0 Å². The fraction of sp³-hybridized carbons (Fsp3) is 0.133. The van der Waals surface area contributed by atoms with E-state index in [-0.39, 0.29) is 17.1 Å². The summed E-state index contributed by atoms with van der Waals surface area (Å²) in [6.07, 6.45) is 0. The maximum Gasteiger partial charge on any atom is 0.255 e. The van der Waals surface area contributed by atoms with Crippen molar-refractivity contribution in [3.05, 3.63) is 58.7 Å². The standard InChI is InChI=1S/C15H14F2N2O/c1-8-5-11(16)3-4-14(8)19-15(20)10-6-12(17)9(2)13(18)7-10/h3-7H,18H2,1-2H3,(H,19,20). The first-order valence-corrected chi connectivity index (χ1v) is 6.01. The average Bonchev–Trinajstić information content (AvgIpc) is 2.38. The summed E-state index contributed by atoms with van der Waals surface area (Å²) in [7, 11) is 0. The molecule has 0 heterocycles. The van der Waals surface area contributed by atoms with Crippen LogP contribution in [0.4, 0.5) is 20.2 Å². The number of hydrogen-bond donors (Lipinski definition) is 2. The molecule has 0 aliphatic rings. The summed E-state index contributed by atoms with van der Waals surface area (Å²) in [4.78, 5) is 12.0. The average molecular weight is 276 g/mol. The SMILES string of the molecule is Cc1cc(F)ccc1NC(=O)c1cc(N)c(C)c(F)c1. The van der Waals surface area contributed by atoms with E-state index in [4.69, 9.17) is 5.73 Å². The number of rotatable bonds is 2. The predicted molar refractivity (Wildman–Crippen MR) is 74.6 cm³/mol. The quantitative estimate of drug-likeness (QED) is 0.826. The van der Waals surface area contributed by atoms with Crippen LogP contribution in [0.3, 0.4) is 0 Å². The summed E-state index contributed by atoms with van der Waals surface area (Å²) in [6.45, 7) is 3.21. The highest BCUT2D eigenvalue weighted by atomic mass is 19.1. The Kier molecular flexibility index (Phi) is 3.70. The summed E-state index contributed by atoms with van der Waals surface area (Å²) in [6, 6.07) is 6.54. The second kappa shape index (κ2) is 5.28. The Balaban J connectivity index is 2.28. The van der Waals surface area contributed by atoms with E-state index in [0.29, 0.717) is 16.8 Å². The van der Waals surface area contributed by atoms with Gasteiger partial charge in [-0.25, -0.2) is 8.78 Å². The van der Waals surface area contributed by atoms with Gasteiger partial charge in [0.15, 0.2) is 0 Å². The van der Waals surface area contributed by atoms with Gasteiger partial charge in [-0.3, -0.25) is 4.79 Å². The van der Waals surface area contributed by atoms with E-state index in [1.165, 1.54) is 31.2 Å². The van der Waals surface area contributed by atoms with Crippen molar-refractivity contribution in [3.63, 3.8) is 0 Å². The number of carbonyl (C=O) groups excluding carboxylic acids is 1. The van der Waals surface area contributed by atoms with Crippen molar-refractivity contribution < 1.29 is 13.6 Å². The first kappa shape index (κ1) is 14.0. The van der Waals surface area contributed by atoms with E-state index >= 15 is 0 Å². The predicted octanol–water partition coefficient (Wildman–Crippen LogP) is 3.42. The Labute approximate surface area is 115 Å².